The molecular weight excluding hydrogens is 384 g/mol. The highest BCUT2D eigenvalue weighted by atomic mass is 35.5. The van der Waals surface area contributed by atoms with E-state index in [1.807, 2.05) is 0 Å². The van der Waals surface area contributed by atoms with Gasteiger partial charge in [-0.05, 0) is 62.3 Å². The van der Waals surface area contributed by atoms with E-state index in [1.54, 1.807) is 24.3 Å². The molecule has 2 bridgehead atoms. The van der Waals surface area contributed by atoms with Crippen molar-refractivity contribution >= 4 is 41.0 Å². The van der Waals surface area contributed by atoms with E-state index in [1.165, 1.54) is 6.92 Å². The number of amides is 3. The van der Waals surface area contributed by atoms with Crippen molar-refractivity contribution in [3.05, 3.63) is 29.3 Å². The summed E-state index contributed by atoms with van der Waals surface area (Å²) in [5.74, 6) is -1.87. The van der Waals surface area contributed by atoms with Gasteiger partial charge in [0.15, 0.2) is 6.61 Å². The number of ether oxygens (including phenoxy) is 1. The van der Waals surface area contributed by atoms with Crippen LogP contribution in [0, 0.1) is 23.7 Å². The molecule has 1 saturated heterocycles. The molecule has 7 nitrogen and oxygen atoms in total. The van der Waals surface area contributed by atoms with E-state index in [0.717, 1.165) is 24.2 Å². The van der Waals surface area contributed by atoms with Gasteiger partial charge in [0.05, 0.1) is 11.8 Å². The van der Waals surface area contributed by atoms with Gasteiger partial charge in [-0.15, -0.1) is 0 Å². The van der Waals surface area contributed by atoms with Crippen molar-refractivity contribution in [2.24, 2.45) is 23.7 Å². The van der Waals surface area contributed by atoms with Crippen molar-refractivity contribution in [3.8, 4) is 0 Å². The van der Waals surface area contributed by atoms with Gasteiger partial charge in [0, 0.05) is 10.7 Å². The SMILES string of the molecule is C[C@H](C(=O)OCC(=O)Nc1ccc(Cl)cc1)N1C(=O)[C@H]2[C@@H]3CC[C@@H](C3)[C@@H]2C1=O. The maximum absolute atomic E-state index is 12.7. The fraction of sp³-hybridized carbons (Fsp3) is 0.500. The lowest BCUT2D eigenvalue weighted by Gasteiger charge is -2.23. The maximum atomic E-state index is 12.7. The van der Waals surface area contributed by atoms with Crippen molar-refractivity contribution < 1.29 is 23.9 Å². The second-order valence-electron chi connectivity index (χ2n) is 7.77. The number of esters is 1. The van der Waals surface area contributed by atoms with E-state index in [2.05, 4.69) is 5.32 Å². The Morgan fingerprint density at radius 3 is 2.29 bits per heavy atom. The summed E-state index contributed by atoms with van der Waals surface area (Å²) in [6.45, 7) is 0.971. The van der Waals surface area contributed by atoms with Crippen LogP contribution in [0.25, 0.3) is 0 Å². The molecule has 1 aromatic rings. The fourth-order valence-electron chi connectivity index (χ4n) is 4.91. The van der Waals surface area contributed by atoms with E-state index in [0.29, 0.717) is 10.7 Å². The molecule has 4 rings (SSSR count). The molecule has 28 heavy (non-hydrogen) atoms. The molecule has 5 atom stereocenters. The maximum Gasteiger partial charge on any atom is 0.329 e. The van der Waals surface area contributed by atoms with Crippen LogP contribution < -0.4 is 5.32 Å². The first-order valence-electron chi connectivity index (χ1n) is 9.45. The number of nitrogens with zero attached hydrogens (tertiary/aromatic N) is 1. The van der Waals surface area contributed by atoms with Gasteiger partial charge in [0.1, 0.15) is 6.04 Å². The number of imide groups is 1. The number of carbonyl (C=O) groups is 4. The lowest BCUT2D eigenvalue weighted by atomic mass is 9.81. The molecule has 0 spiro atoms. The third-order valence-electron chi connectivity index (χ3n) is 6.16. The Balaban J connectivity index is 1.33. The van der Waals surface area contributed by atoms with Gasteiger partial charge in [-0.2, -0.15) is 0 Å². The van der Waals surface area contributed by atoms with Gasteiger partial charge < -0.3 is 10.1 Å². The van der Waals surface area contributed by atoms with Gasteiger partial charge in [0.2, 0.25) is 11.8 Å². The Bertz CT molecular complexity index is 812. The molecule has 8 heteroatoms. The average molecular weight is 405 g/mol. The zero-order valence-corrected chi connectivity index (χ0v) is 16.1. The molecule has 1 heterocycles. The van der Waals surface area contributed by atoms with Crippen LogP contribution in [0.1, 0.15) is 26.2 Å². The Kier molecular flexibility index (Phi) is 4.87. The molecule has 3 amide bonds. The van der Waals surface area contributed by atoms with E-state index in [9.17, 15) is 19.2 Å². The van der Waals surface area contributed by atoms with E-state index in [-0.39, 0.29) is 35.5 Å². The third-order valence-corrected chi connectivity index (χ3v) is 6.42. The average Bonchev–Trinajstić information content (AvgIpc) is 3.35. The van der Waals surface area contributed by atoms with Gasteiger partial charge >= 0.3 is 5.97 Å². The first-order valence-corrected chi connectivity index (χ1v) is 9.83. The minimum atomic E-state index is -1.03. The second kappa shape index (κ2) is 7.20. The first kappa shape index (κ1) is 18.9. The predicted molar refractivity (Wildman–Crippen MR) is 100 cm³/mol. The lowest BCUT2D eigenvalue weighted by molar-refractivity contribution is -0.159. The summed E-state index contributed by atoms with van der Waals surface area (Å²) < 4.78 is 5.04. The Morgan fingerprint density at radius 2 is 1.71 bits per heavy atom. The van der Waals surface area contributed by atoms with E-state index >= 15 is 0 Å². The predicted octanol–water partition coefficient (Wildman–Crippen LogP) is 2.24. The molecule has 3 fully saturated rings. The van der Waals surface area contributed by atoms with Crippen LogP contribution in [0.15, 0.2) is 24.3 Å². The van der Waals surface area contributed by atoms with Gasteiger partial charge in [-0.3, -0.25) is 19.3 Å². The highest BCUT2D eigenvalue weighted by Crippen LogP contribution is 2.56. The molecule has 2 saturated carbocycles. The molecule has 0 aromatic heterocycles. The number of hydrogen-bond acceptors (Lipinski definition) is 5. The topological polar surface area (TPSA) is 92.8 Å². The van der Waals surface area contributed by atoms with Crippen LogP contribution >= 0.6 is 11.6 Å². The van der Waals surface area contributed by atoms with Crippen LogP contribution in [0.3, 0.4) is 0 Å². The molecule has 3 aliphatic rings. The summed E-state index contributed by atoms with van der Waals surface area (Å²) in [7, 11) is 0. The Labute approximate surface area is 167 Å². The highest BCUT2D eigenvalue weighted by molar-refractivity contribution is 6.30. The lowest BCUT2D eigenvalue weighted by Crippen LogP contribution is -2.45. The van der Waals surface area contributed by atoms with E-state index < -0.39 is 24.5 Å². The Morgan fingerprint density at radius 1 is 1.14 bits per heavy atom. The van der Waals surface area contributed by atoms with Crippen molar-refractivity contribution in [2.75, 3.05) is 11.9 Å². The zero-order valence-electron chi connectivity index (χ0n) is 15.4. The Hall–Kier alpha value is -2.41. The number of likely N-dealkylation sites (tertiary alicyclic amines) is 1. The molecule has 0 unspecified atom stereocenters. The fourth-order valence-corrected chi connectivity index (χ4v) is 5.03. The van der Waals surface area contributed by atoms with Crippen LogP contribution in [-0.4, -0.2) is 41.2 Å². The molecule has 2 aliphatic carbocycles. The smallest absolute Gasteiger partial charge is 0.329 e. The number of benzene rings is 1. The van der Waals surface area contributed by atoms with Crippen molar-refractivity contribution in [1.82, 2.24) is 4.90 Å². The standard InChI is InChI=1S/C20H21ClN2O5/c1-10(20(27)28-9-15(24)22-14-6-4-13(21)5-7-14)23-18(25)16-11-2-3-12(8-11)17(16)19(23)26/h4-7,10-12,16-17H,2-3,8-9H2,1H3,(H,22,24)/t10-,11-,12+,16+,17+/m1/s1. The molecule has 1 aromatic carbocycles. The summed E-state index contributed by atoms with van der Waals surface area (Å²) in [4.78, 5) is 50.9. The molecule has 148 valence electrons. The monoisotopic (exact) mass is 404 g/mol. The molecule has 1 N–H and O–H groups in total. The summed E-state index contributed by atoms with van der Waals surface area (Å²) >= 11 is 5.79. The normalized spacial score (nSPS) is 29.0. The van der Waals surface area contributed by atoms with Gasteiger partial charge in [-0.25, -0.2) is 4.79 Å². The molecule has 0 radical (unpaired) electrons. The largest absolute Gasteiger partial charge is 0.454 e. The van der Waals surface area contributed by atoms with Crippen molar-refractivity contribution in [3.63, 3.8) is 0 Å². The van der Waals surface area contributed by atoms with Crippen molar-refractivity contribution in [1.29, 1.82) is 0 Å². The third kappa shape index (κ3) is 3.17. The van der Waals surface area contributed by atoms with Crippen LogP contribution in [0.4, 0.5) is 5.69 Å². The number of anilines is 1. The number of nitrogens with one attached hydrogen (secondary N) is 1. The number of carbonyl (C=O) groups excluding carboxylic acids is 4. The van der Waals surface area contributed by atoms with E-state index in [4.69, 9.17) is 16.3 Å². The summed E-state index contributed by atoms with van der Waals surface area (Å²) in [5.41, 5.74) is 0.520. The summed E-state index contributed by atoms with van der Waals surface area (Å²) in [6.07, 6.45) is 2.88. The van der Waals surface area contributed by atoms with Crippen LogP contribution in [-0.2, 0) is 23.9 Å². The van der Waals surface area contributed by atoms with Gasteiger partial charge in [-0.1, -0.05) is 11.6 Å². The number of hydrogen-bond donors (Lipinski definition) is 1. The quantitative estimate of drug-likeness (QED) is 0.600. The summed E-state index contributed by atoms with van der Waals surface area (Å²) in [5, 5.41) is 3.12. The van der Waals surface area contributed by atoms with Crippen LogP contribution in [0.5, 0.6) is 0 Å². The first-order chi connectivity index (χ1) is 13.4. The summed E-state index contributed by atoms with van der Waals surface area (Å²) in [6, 6.07) is 5.46. The number of fused-ring (bicyclic) bond motifs is 5. The van der Waals surface area contributed by atoms with Crippen LogP contribution in [0.2, 0.25) is 5.02 Å². The second-order valence-corrected chi connectivity index (χ2v) is 8.21. The minimum absolute atomic E-state index is 0.254. The van der Waals surface area contributed by atoms with Gasteiger partial charge in [0.25, 0.3) is 5.91 Å². The number of halogens is 1. The molecular formula is C20H21ClN2O5. The number of rotatable bonds is 5. The zero-order chi connectivity index (χ0) is 20.0. The minimum Gasteiger partial charge on any atom is -0.454 e. The molecule has 1 aliphatic heterocycles. The van der Waals surface area contributed by atoms with Crippen molar-refractivity contribution in [2.45, 2.75) is 32.2 Å². The highest BCUT2D eigenvalue weighted by Gasteiger charge is 2.62.